The van der Waals surface area contributed by atoms with Gasteiger partial charge in [-0.05, 0) is 30.3 Å². The van der Waals surface area contributed by atoms with Crippen LogP contribution in [-0.4, -0.2) is 30.6 Å². The molecule has 0 unspecified atom stereocenters. The number of halogens is 1. The van der Waals surface area contributed by atoms with Crippen molar-refractivity contribution in [3.63, 3.8) is 0 Å². The van der Waals surface area contributed by atoms with Crippen molar-refractivity contribution in [2.24, 2.45) is 0 Å². The van der Waals surface area contributed by atoms with Gasteiger partial charge < -0.3 is 14.8 Å². The van der Waals surface area contributed by atoms with Gasteiger partial charge in [-0.1, -0.05) is 11.6 Å². The number of aromatic nitrogens is 1. The average Bonchev–Trinajstić information content (AvgIpc) is 2.53. The Bertz CT molecular complexity index is 676. The smallest absolute Gasteiger partial charge is 0.338 e. The summed E-state index contributed by atoms with van der Waals surface area (Å²) in [7, 11) is 1.50. The Kier molecular flexibility index (Phi) is 5.32. The third-order valence-corrected chi connectivity index (χ3v) is 2.98. The topological polar surface area (TPSA) is 77.5 Å². The molecule has 1 N–H and O–H groups in total. The molecule has 0 aliphatic carbocycles. The summed E-state index contributed by atoms with van der Waals surface area (Å²) in [6, 6.07) is 7.81. The lowest BCUT2D eigenvalue weighted by molar-refractivity contribution is -0.119. The third-order valence-electron chi connectivity index (χ3n) is 2.69. The van der Waals surface area contributed by atoms with Crippen LogP contribution in [0.25, 0.3) is 0 Å². The van der Waals surface area contributed by atoms with Crippen molar-refractivity contribution in [2.75, 3.05) is 19.0 Å². The van der Waals surface area contributed by atoms with Gasteiger partial charge in [0.1, 0.15) is 5.75 Å². The summed E-state index contributed by atoms with van der Waals surface area (Å²) in [4.78, 5) is 27.2. The SMILES string of the molecule is COc1ccc(NC(=O)COC(=O)c2ccncc2)cc1Cl. The van der Waals surface area contributed by atoms with Gasteiger partial charge in [0.15, 0.2) is 6.61 Å². The van der Waals surface area contributed by atoms with E-state index in [-0.39, 0.29) is 0 Å². The normalized spacial score (nSPS) is 9.91. The first-order valence-corrected chi connectivity index (χ1v) is 6.68. The largest absolute Gasteiger partial charge is 0.495 e. The van der Waals surface area contributed by atoms with E-state index in [2.05, 4.69) is 10.3 Å². The van der Waals surface area contributed by atoms with Crippen LogP contribution in [0, 0.1) is 0 Å². The van der Waals surface area contributed by atoms with E-state index in [1.807, 2.05) is 0 Å². The van der Waals surface area contributed by atoms with Crippen LogP contribution in [0.2, 0.25) is 5.02 Å². The molecule has 6 nitrogen and oxygen atoms in total. The molecule has 114 valence electrons. The number of carbonyl (C=O) groups excluding carboxylic acids is 2. The van der Waals surface area contributed by atoms with Gasteiger partial charge in [0.25, 0.3) is 5.91 Å². The number of nitrogens with zero attached hydrogens (tertiary/aromatic N) is 1. The molecule has 0 aliphatic rings. The van der Waals surface area contributed by atoms with Crippen LogP contribution in [0.1, 0.15) is 10.4 Å². The lowest BCUT2D eigenvalue weighted by atomic mass is 10.3. The van der Waals surface area contributed by atoms with Crippen molar-refractivity contribution in [1.29, 1.82) is 0 Å². The lowest BCUT2D eigenvalue weighted by Gasteiger charge is -2.08. The molecule has 0 spiro atoms. The molecular weight excluding hydrogens is 308 g/mol. The molecule has 0 aliphatic heterocycles. The van der Waals surface area contributed by atoms with Gasteiger partial charge in [0.2, 0.25) is 0 Å². The van der Waals surface area contributed by atoms with Gasteiger partial charge in [-0.2, -0.15) is 0 Å². The second-order valence-corrected chi connectivity index (χ2v) is 4.62. The summed E-state index contributed by atoms with van der Waals surface area (Å²) in [6.45, 7) is -0.398. The fourth-order valence-electron chi connectivity index (χ4n) is 1.64. The first-order chi connectivity index (χ1) is 10.6. The van der Waals surface area contributed by atoms with E-state index < -0.39 is 18.5 Å². The van der Waals surface area contributed by atoms with Crippen molar-refractivity contribution in [2.45, 2.75) is 0 Å². The van der Waals surface area contributed by atoms with Crippen LogP contribution >= 0.6 is 11.6 Å². The first kappa shape index (κ1) is 15.8. The number of hydrogen-bond acceptors (Lipinski definition) is 5. The number of pyridine rings is 1. The number of esters is 1. The number of methoxy groups -OCH3 is 1. The predicted octanol–water partition coefficient (Wildman–Crippen LogP) is 2.54. The van der Waals surface area contributed by atoms with Crippen LogP contribution in [0.5, 0.6) is 5.75 Å². The molecule has 0 saturated heterocycles. The van der Waals surface area contributed by atoms with Crippen LogP contribution in [0.3, 0.4) is 0 Å². The molecule has 1 heterocycles. The molecule has 7 heteroatoms. The zero-order valence-electron chi connectivity index (χ0n) is 11.7. The molecule has 0 bridgehead atoms. The first-order valence-electron chi connectivity index (χ1n) is 6.30. The standard InChI is InChI=1S/C15H13ClN2O4/c1-21-13-3-2-11(8-12(13)16)18-14(19)9-22-15(20)10-4-6-17-7-5-10/h2-8H,9H2,1H3,(H,18,19). The minimum atomic E-state index is -0.592. The summed E-state index contributed by atoms with van der Waals surface area (Å²) in [5, 5.41) is 2.94. The Morgan fingerprint density at radius 1 is 1.23 bits per heavy atom. The summed E-state index contributed by atoms with van der Waals surface area (Å²) in [5.74, 6) is -0.558. The summed E-state index contributed by atoms with van der Waals surface area (Å²) >= 11 is 5.95. The maximum Gasteiger partial charge on any atom is 0.338 e. The molecule has 1 amide bonds. The van der Waals surface area contributed by atoms with Crippen LogP contribution in [-0.2, 0) is 9.53 Å². The van der Waals surface area contributed by atoms with E-state index in [0.29, 0.717) is 22.0 Å². The predicted molar refractivity (Wildman–Crippen MR) is 81.2 cm³/mol. The monoisotopic (exact) mass is 320 g/mol. The Morgan fingerprint density at radius 3 is 2.59 bits per heavy atom. The van der Waals surface area contributed by atoms with E-state index >= 15 is 0 Å². The summed E-state index contributed by atoms with van der Waals surface area (Å²) in [5.41, 5.74) is 0.811. The zero-order chi connectivity index (χ0) is 15.9. The third kappa shape index (κ3) is 4.20. The minimum absolute atomic E-state index is 0.329. The Hall–Kier alpha value is -2.60. The number of carbonyl (C=O) groups is 2. The number of amides is 1. The molecule has 1 aromatic carbocycles. The van der Waals surface area contributed by atoms with E-state index in [4.69, 9.17) is 21.1 Å². The number of nitrogens with one attached hydrogen (secondary N) is 1. The fraction of sp³-hybridized carbons (Fsp3) is 0.133. The van der Waals surface area contributed by atoms with Gasteiger partial charge in [0, 0.05) is 18.1 Å². The molecule has 22 heavy (non-hydrogen) atoms. The van der Waals surface area contributed by atoms with Crippen molar-refractivity contribution in [3.05, 3.63) is 53.3 Å². The van der Waals surface area contributed by atoms with Crippen molar-refractivity contribution >= 4 is 29.2 Å². The van der Waals surface area contributed by atoms with E-state index in [1.165, 1.54) is 31.6 Å². The molecule has 0 radical (unpaired) electrons. The highest BCUT2D eigenvalue weighted by atomic mass is 35.5. The molecule has 2 rings (SSSR count). The van der Waals surface area contributed by atoms with Gasteiger partial charge in [-0.3, -0.25) is 9.78 Å². The van der Waals surface area contributed by atoms with Gasteiger partial charge in [0.05, 0.1) is 17.7 Å². The Labute approximate surface area is 132 Å². The van der Waals surface area contributed by atoms with Gasteiger partial charge in [-0.25, -0.2) is 4.79 Å². The quantitative estimate of drug-likeness (QED) is 0.857. The maximum atomic E-state index is 11.7. The molecule has 0 saturated carbocycles. The Morgan fingerprint density at radius 2 is 1.95 bits per heavy atom. The summed E-state index contributed by atoms with van der Waals surface area (Å²) < 4.78 is 9.91. The van der Waals surface area contributed by atoms with E-state index in [1.54, 1.807) is 18.2 Å². The van der Waals surface area contributed by atoms with Crippen LogP contribution in [0.4, 0.5) is 5.69 Å². The van der Waals surface area contributed by atoms with Crippen molar-refractivity contribution in [3.8, 4) is 5.75 Å². The maximum absolute atomic E-state index is 11.7. The highest BCUT2D eigenvalue weighted by Crippen LogP contribution is 2.27. The Balaban J connectivity index is 1.88. The van der Waals surface area contributed by atoms with Gasteiger partial charge >= 0.3 is 5.97 Å². The molecular formula is C15H13ClN2O4. The molecule has 2 aromatic rings. The number of ether oxygens (including phenoxy) is 2. The number of rotatable bonds is 5. The average molecular weight is 321 g/mol. The van der Waals surface area contributed by atoms with Crippen LogP contribution < -0.4 is 10.1 Å². The number of anilines is 1. The molecule has 0 fully saturated rings. The highest BCUT2D eigenvalue weighted by Gasteiger charge is 2.10. The molecule has 0 atom stereocenters. The second kappa shape index (κ2) is 7.42. The van der Waals surface area contributed by atoms with E-state index in [0.717, 1.165) is 0 Å². The van der Waals surface area contributed by atoms with Crippen molar-refractivity contribution < 1.29 is 19.1 Å². The zero-order valence-corrected chi connectivity index (χ0v) is 12.5. The lowest BCUT2D eigenvalue weighted by Crippen LogP contribution is -2.20. The highest BCUT2D eigenvalue weighted by molar-refractivity contribution is 6.32. The number of benzene rings is 1. The number of hydrogen-bond donors (Lipinski definition) is 1. The second-order valence-electron chi connectivity index (χ2n) is 4.21. The van der Waals surface area contributed by atoms with E-state index in [9.17, 15) is 9.59 Å². The summed E-state index contributed by atoms with van der Waals surface area (Å²) in [6.07, 6.45) is 2.94. The fourth-order valence-corrected chi connectivity index (χ4v) is 1.90. The molecule has 1 aromatic heterocycles. The van der Waals surface area contributed by atoms with Crippen LogP contribution in [0.15, 0.2) is 42.7 Å². The van der Waals surface area contributed by atoms with Crippen molar-refractivity contribution in [1.82, 2.24) is 4.98 Å². The van der Waals surface area contributed by atoms with Gasteiger partial charge in [-0.15, -0.1) is 0 Å². The minimum Gasteiger partial charge on any atom is -0.495 e.